The van der Waals surface area contributed by atoms with Crippen molar-refractivity contribution < 1.29 is 13.2 Å². The molecule has 2 N–H and O–H groups in total. The summed E-state index contributed by atoms with van der Waals surface area (Å²) in [5.41, 5.74) is 2.80. The van der Waals surface area contributed by atoms with Gasteiger partial charge >= 0.3 is 6.03 Å². The van der Waals surface area contributed by atoms with E-state index in [1.165, 1.54) is 6.92 Å². The minimum Gasteiger partial charge on any atom is -0.245 e. The molecule has 0 aromatic heterocycles. The lowest BCUT2D eigenvalue weighted by Gasteiger charge is -2.25. The highest BCUT2D eigenvalue weighted by Gasteiger charge is 2.22. The second kappa shape index (κ2) is 3.93. The fraction of sp³-hybridized carbons (Fsp3) is 0.667. The van der Waals surface area contributed by atoms with E-state index in [4.69, 9.17) is 0 Å². The molecule has 1 rings (SSSR count). The van der Waals surface area contributed by atoms with Crippen molar-refractivity contribution >= 4 is 21.8 Å². The minimum absolute atomic E-state index is 0.0764. The van der Waals surface area contributed by atoms with Gasteiger partial charge in [0.05, 0.1) is 18.0 Å². The average Bonchev–Trinajstić information content (AvgIpc) is 2.11. The Labute approximate surface area is 82.2 Å². The summed E-state index contributed by atoms with van der Waals surface area (Å²) in [6, 6.07) is -0.576. The second-order valence-electron chi connectivity index (χ2n) is 2.84. The lowest BCUT2D eigenvalue weighted by atomic mass is 10.4. The Bertz CT molecular complexity index is 361. The van der Waals surface area contributed by atoms with E-state index in [0.717, 1.165) is 5.01 Å². The third-order valence-electron chi connectivity index (χ3n) is 1.60. The zero-order chi connectivity index (χ0) is 10.8. The molecule has 0 spiro atoms. The third-order valence-corrected chi connectivity index (χ3v) is 2.86. The summed E-state index contributed by atoms with van der Waals surface area (Å²) in [7, 11) is -3.42. The molecule has 0 aliphatic carbocycles. The lowest BCUT2D eigenvalue weighted by Crippen LogP contribution is -2.54. The topological polar surface area (TPSA) is 90.9 Å². The van der Waals surface area contributed by atoms with Gasteiger partial charge in [0.25, 0.3) is 0 Å². The first-order valence-corrected chi connectivity index (χ1v) is 5.70. The van der Waals surface area contributed by atoms with Crippen LogP contribution in [0.15, 0.2) is 5.10 Å². The quantitative estimate of drug-likeness (QED) is 0.655. The fourth-order valence-electron chi connectivity index (χ4n) is 0.846. The smallest absolute Gasteiger partial charge is 0.245 e. The maximum Gasteiger partial charge on any atom is 0.353 e. The zero-order valence-corrected chi connectivity index (χ0v) is 8.76. The molecule has 0 unspecified atom stereocenters. The number of rotatable bonds is 3. The van der Waals surface area contributed by atoms with E-state index >= 15 is 0 Å². The van der Waals surface area contributed by atoms with Gasteiger partial charge in [-0.2, -0.15) is 5.10 Å². The summed E-state index contributed by atoms with van der Waals surface area (Å²) in [5, 5.41) is 4.63. The Hall–Kier alpha value is -1.15. The van der Waals surface area contributed by atoms with Gasteiger partial charge < -0.3 is 0 Å². The normalized spacial score (nSPS) is 17.7. The van der Waals surface area contributed by atoms with E-state index in [2.05, 4.69) is 15.4 Å². The Morgan fingerprint density at radius 1 is 1.64 bits per heavy atom. The minimum atomic E-state index is -3.42. The van der Waals surface area contributed by atoms with Crippen LogP contribution in [0.1, 0.15) is 13.8 Å². The lowest BCUT2D eigenvalue weighted by molar-refractivity contribution is 0.193. The van der Waals surface area contributed by atoms with E-state index in [1.807, 2.05) is 0 Å². The van der Waals surface area contributed by atoms with Crippen LogP contribution >= 0.6 is 0 Å². The van der Waals surface area contributed by atoms with Gasteiger partial charge in [0, 0.05) is 0 Å². The van der Waals surface area contributed by atoms with Crippen LogP contribution in [0.5, 0.6) is 0 Å². The highest BCUT2D eigenvalue weighted by Crippen LogP contribution is 1.96. The monoisotopic (exact) mass is 220 g/mol. The first-order valence-electron chi connectivity index (χ1n) is 4.05. The number of hydrogen-bond donors (Lipinski definition) is 2. The molecule has 1 aliphatic rings. The summed E-state index contributed by atoms with van der Waals surface area (Å²) in [5.74, 6) is -0.0764. The summed E-state index contributed by atoms with van der Waals surface area (Å²) in [6.45, 7) is 3.34. The molecule has 8 heteroatoms. The number of amides is 2. The fourth-order valence-corrected chi connectivity index (χ4v) is 1.46. The van der Waals surface area contributed by atoms with E-state index in [0.29, 0.717) is 5.71 Å². The van der Waals surface area contributed by atoms with Crippen molar-refractivity contribution in [3.05, 3.63) is 0 Å². The summed E-state index contributed by atoms with van der Waals surface area (Å²) >= 11 is 0. The van der Waals surface area contributed by atoms with E-state index < -0.39 is 16.1 Å². The Balaban J connectivity index is 2.71. The number of nitrogens with one attached hydrogen (secondary N) is 2. The molecule has 0 aromatic rings. The molecule has 0 aromatic carbocycles. The van der Waals surface area contributed by atoms with Gasteiger partial charge in [-0.05, 0) is 13.8 Å². The number of carbonyl (C=O) groups excluding carboxylic acids is 1. The van der Waals surface area contributed by atoms with Crippen molar-refractivity contribution in [1.82, 2.24) is 15.3 Å². The third kappa shape index (κ3) is 2.67. The molecule has 0 radical (unpaired) electrons. The molecule has 7 nitrogen and oxygen atoms in total. The van der Waals surface area contributed by atoms with Crippen LogP contribution in [0.3, 0.4) is 0 Å². The molecular weight excluding hydrogens is 208 g/mol. The molecular formula is C6H12N4O3S. The molecule has 2 amide bonds. The van der Waals surface area contributed by atoms with Gasteiger partial charge in [0.1, 0.15) is 0 Å². The molecule has 1 aliphatic heterocycles. The molecule has 0 saturated heterocycles. The van der Waals surface area contributed by atoms with Crippen molar-refractivity contribution in [2.75, 3.05) is 12.3 Å². The van der Waals surface area contributed by atoms with Crippen molar-refractivity contribution in [2.45, 2.75) is 13.8 Å². The molecule has 0 bridgehead atoms. The molecule has 1 heterocycles. The summed E-state index contributed by atoms with van der Waals surface area (Å²) < 4.78 is 22.3. The molecule has 80 valence electrons. The van der Waals surface area contributed by atoms with Crippen LogP contribution < -0.4 is 10.3 Å². The maximum absolute atomic E-state index is 11.1. The van der Waals surface area contributed by atoms with Crippen LogP contribution in [0, 0.1) is 0 Å². The van der Waals surface area contributed by atoms with Crippen molar-refractivity contribution in [2.24, 2.45) is 5.10 Å². The predicted octanol–water partition coefficient (Wildman–Crippen LogP) is -0.758. The Morgan fingerprint density at radius 2 is 2.29 bits per heavy atom. The Kier molecular flexibility index (Phi) is 3.06. The number of nitrogens with zero attached hydrogens (tertiary/aromatic N) is 2. The van der Waals surface area contributed by atoms with Crippen LogP contribution in [0.4, 0.5) is 4.79 Å². The van der Waals surface area contributed by atoms with Gasteiger partial charge in [-0.1, -0.05) is 0 Å². The number of hydrogen-bond acceptors (Lipinski definition) is 4. The van der Waals surface area contributed by atoms with Gasteiger partial charge in [0.2, 0.25) is 10.0 Å². The van der Waals surface area contributed by atoms with Gasteiger partial charge in [-0.3, -0.25) is 0 Å². The molecule has 0 saturated carbocycles. The first-order chi connectivity index (χ1) is 6.44. The second-order valence-corrected chi connectivity index (χ2v) is 4.83. The van der Waals surface area contributed by atoms with Crippen LogP contribution in [0.2, 0.25) is 0 Å². The van der Waals surface area contributed by atoms with Crippen molar-refractivity contribution in [3.63, 3.8) is 0 Å². The standard InChI is InChI=1S/C6H12N4O3S/c1-3-14(12,13)9-10-4-5(2)7-8-6(10)11/h9H,3-4H2,1-2H3,(H,8,11). The first kappa shape index (κ1) is 10.9. The number of hydrazone groups is 1. The summed E-state index contributed by atoms with van der Waals surface area (Å²) in [4.78, 5) is 13.3. The highest BCUT2D eigenvalue weighted by atomic mass is 32.2. The Morgan fingerprint density at radius 3 is 2.86 bits per heavy atom. The number of hydrazine groups is 1. The van der Waals surface area contributed by atoms with Gasteiger partial charge in [-0.15, -0.1) is 4.83 Å². The molecule has 14 heavy (non-hydrogen) atoms. The number of urea groups is 1. The van der Waals surface area contributed by atoms with Crippen molar-refractivity contribution in [3.8, 4) is 0 Å². The maximum atomic E-state index is 11.1. The largest absolute Gasteiger partial charge is 0.353 e. The zero-order valence-electron chi connectivity index (χ0n) is 7.94. The van der Waals surface area contributed by atoms with E-state index in [1.54, 1.807) is 6.92 Å². The average molecular weight is 220 g/mol. The highest BCUT2D eigenvalue weighted by molar-refractivity contribution is 7.89. The van der Waals surface area contributed by atoms with Crippen LogP contribution in [0.25, 0.3) is 0 Å². The summed E-state index contributed by atoms with van der Waals surface area (Å²) in [6.07, 6.45) is 0. The van der Waals surface area contributed by atoms with E-state index in [-0.39, 0.29) is 12.3 Å². The predicted molar refractivity (Wildman–Crippen MR) is 50.9 cm³/mol. The SMILES string of the molecule is CCS(=O)(=O)NN1CC(C)=NNC1=O. The molecule has 0 atom stereocenters. The number of carbonyl (C=O) groups is 1. The van der Waals surface area contributed by atoms with Gasteiger partial charge in [-0.25, -0.2) is 23.6 Å². The van der Waals surface area contributed by atoms with E-state index in [9.17, 15) is 13.2 Å². The van der Waals surface area contributed by atoms with Crippen LogP contribution in [-0.2, 0) is 10.0 Å². The van der Waals surface area contributed by atoms with Crippen LogP contribution in [-0.4, -0.2) is 37.5 Å². The number of sulfonamides is 1. The molecule has 0 fully saturated rings. The van der Waals surface area contributed by atoms with Crippen molar-refractivity contribution in [1.29, 1.82) is 0 Å². The van der Waals surface area contributed by atoms with Gasteiger partial charge in [0.15, 0.2) is 0 Å².